The van der Waals surface area contributed by atoms with E-state index in [9.17, 15) is 0 Å². The second kappa shape index (κ2) is 7.43. The quantitative estimate of drug-likeness (QED) is 0.623. The number of benzene rings is 1. The lowest BCUT2D eigenvalue weighted by atomic mass is 10.1. The second-order valence-electron chi connectivity index (χ2n) is 4.60. The molecule has 0 aliphatic carbocycles. The van der Waals surface area contributed by atoms with Crippen LogP contribution in [0.25, 0.3) is 0 Å². The predicted molar refractivity (Wildman–Crippen MR) is 95.0 cm³/mol. The molecule has 3 nitrogen and oxygen atoms in total. The summed E-state index contributed by atoms with van der Waals surface area (Å²) in [6.45, 7) is 4.19. The first kappa shape index (κ1) is 15.8. The largest absolute Gasteiger partial charge is 0.389 e. The van der Waals surface area contributed by atoms with E-state index in [2.05, 4.69) is 30.2 Å². The maximum Gasteiger partial charge on any atom is 0.107 e. The number of nitrogens with zero attached hydrogens (tertiary/aromatic N) is 1. The molecule has 2 aromatic rings. The summed E-state index contributed by atoms with van der Waals surface area (Å²) in [5, 5.41) is 3.46. The maximum absolute atomic E-state index is 5.92. The van der Waals surface area contributed by atoms with Crippen molar-refractivity contribution in [1.29, 1.82) is 0 Å². The molecule has 0 saturated heterocycles. The summed E-state index contributed by atoms with van der Waals surface area (Å²) in [4.78, 5) is 5.91. The first-order valence-corrected chi connectivity index (χ1v) is 8.26. The van der Waals surface area contributed by atoms with Crippen LogP contribution >= 0.6 is 24.0 Å². The van der Waals surface area contributed by atoms with Crippen molar-refractivity contribution >= 4 is 34.7 Å². The number of anilines is 1. The van der Waals surface area contributed by atoms with Crippen molar-refractivity contribution in [3.63, 3.8) is 0 Å². The van der Waals surface area contributed by atoms with E-state index in [1.165, 1.54) is 0 Å². The number of hydrogen-bond acceptors (Lipinski definition) is 4. The molecule has 21 heavy (non-hydrogen) atoms. The van der Waals surface area contributed by atoms with Crippen LogP contribution < -0.4 is 11.1 Å². The number of nitrogens with two attached hydrogens (primary N) is 1. The van der Waals surface area contributed by atoms with Crippen molar-refractivity contribution in [3.05, 3.63) is 53.9 Å². The van der Waals surface area contributed by atoms with Gasteiger partial charge in [-0.1, -0.05) is 31.3 Å². The molecule has 1 unspecified atom stereocenters. The van der Waals surface area contributed by atoms with E-state index in [0.717, 1.165) is 27.6 Å². The summed E-state index contributed by atoms with van der Waals surface area (Å²) < 4.78 is 0. The van der Waals surface area contributed by atoms with Crippen LogP contribution in [0.5, 0.6) is 0 Å². The third-order valence-electron chi connectivity index (χ3n) is 3.08. The lowest BCUT2D eigenvalue weighted by Crippen LogP contribution is -2.16. The highest BCUT2D eigenvalue weighted by Gasteiger charge is 2.14. The molecule has 2 rings (SSSR count). The van der Waals surface area contributed by atoms with Crippen molar-refractivity contribution in [2.75, 3.05) is 11.1 Å². The Morgan fingerprint density at radius 1 is 1.33 bits per heavy atom. The van der Waals surface area contributed by atoms with Crippen molar-refractivity contribution in [1.82, 2.24) is 4.98 Å². The summed E-state index contributed by atoms with van der Waals surface area (Å²) in [6.07, 6.45) is 1.80. The highest BCUT2D eigenvalue weighted by molar-refractivity contribution is 7.99. The Hall–Kier alpha value is -1.59. The zero-order valence-electron chi connectivity index (χ0n) is 12.2. The fourth-order valence-corrected chi connectivity index (χ4v) is 3.26. The number of hydrogen-bond donors (Lipinski definition) is 2. The zero-order valence-corrected chi connectivity index (χ0v) is 13.8. The molecule has 0 radical (unpaired) electrons. The molecule has 0 aliphatic heterocycles. The first-order valence-electron chi connectivity index (χ1n) is 6.86. The SMILES string of the molecule is CCSc1cccc(NC(C)c2ccccn2)c1C(N)=S. The van der Waals surface area contributed by atoms with E-state index in [1.54, 1.807) is 18.0 Å². The van der Waals surface area contributed by atoms with Gasteiger partial charge in [0.05, 0.1) is 11.7 Å². The van der Waals surface area contributed by atoms with Crippen molar-refractivity contribution in [2.45, 2.75) is 24.8 Å². The molecule has 0 saturated carbocycles. The molecule has 0 amide bonds. The van der Waals surface area contributed by atoms with E-state index in [-0.39, 0.29) is 6.04 Å². The van der Waals surface area contributed by atoms with E-state index >= 15 is 0 Å². The number of aromatic nitrogens is 1. The molecule has 1 aromatic heterocycles. The van der Waals surface area contributed by atoms with E-state index in [4.69, 9.17) is 18.0 Å². The summed E-state index contributed by atoms with van der Waals surface area (Å²) >= 11 is 6.97. The molecule has 1 atom stereocenters. The van der Waals surface area contributed by atoms with Crippen molar-refractivity contribution < 1.29 is 0 Å². The van der Waals surface area contributed by atoms with E-state index < -0.39 is 0 Å². The lowest BCUT2D eigenvalue weighted by Gasteiger charge is -2.19. The van der Waals surface area contributed by atoms with Gasteiger partial charge in [-0.25, -0.2) is 0 Å². The standard InChI is InChI=1S/C16H19N3S2/c1-3-21-14-9-6-8-13(15(14)16(17)20)19-11(2)12-7-4-5-10-18-12/h4-11,19H,3H2,1-2H3,(H2,17,20). The molecule has 110 valence electrons. The van der Waals surface area contributed by atoms with Crippen LogP contribution in [0.4, 0.5) is 5.69 Å². The van der Waals surface area contributed by atoms with Gasteiger partial charge in [0.2, 0.25) is 0 Å². The Kier molecular flexibility index (Phi) is 5.59. The average Bonchev–Trinajstić information content (AvgIpc) is 2.48. The minimum atomic E-state index is 0.0844. The van der Waals surface area contributed by atoms with Crippen LogP contribution in [0.1, 0.15) is 31.1 Å². The Labute approximate surface area is 135 Å². The van der Waals surface area contributed by atoms with Crippen LogP contribution in [0, 0.1) is 0 Å². The van der Waals surface area contributed by atoms with Gasteiger partial charge >= 0.3 is 0 Å². The molecule has 0 spiro atoms. The summed E-state index contributed by atoms with van der Waals surface area (Å²) in [7, 11) is 0. The molecule has 3 N–H and O–H groups in total. The molecule has 0 bridgehead atoms. The number of pyridine rings is 1. The van der Waals surface area contributed by atoms with Crippen LogP contribution in [0.3, 0.4) is 0 Å². The molecule has 1 heterocycles. The highest BCUT2D eigenvalue weighted by atomic mass is 32.2. The van der Waals surface area contributed by atoms with Crippen molar-refractivity contribution in [3.8, 4) is 0 Å². The van der Waals surface area contributed by atoms with Gasteiger partial charge < -0.3 is 11.1 Å². The maximum atomic E-state index is 5.92. The number of rotatable bonds is 6. The van der Waals surface area contributed by atoms with Gasteiger partial charge in [-0.3, -0.25) is 4.98 Å². The van der Waals surface area contributed by atoms with Crippen LogP contribution in [0.2, 0.25) is 0 Å². The lowest BCUT2D eigenvalue weighted by molar-refractivity contribution is 0.838. The fraction of sp³-hybridized carbons (Fsp3) is 0.250. The fourth-order valence-electron chi connectivity index (χ4n) is 2.12. The minimum absolute atomic E-state index is 0.0844. The molecule has 0 fully saturated rings. The topological polar surface area (TPSA) is 50.9 Å². The Bertz CT molecular complexity index is 614. The van der Waals surface area contributed by atoms with Gasteiger partial charge in [-0.2, -0.15) is 0 Å². The Morgan fingerprint density at radius 2 is 2.14 bits per heavy atom. The monoisotopic (exact) mass is 317 g/mol. The first-order chi connectivity index (χ1) is 10.1. The van der Waals surface area contributed by atoms with Gasteiger partial charge in [-0.05, 0) is 36.9 Å². The molecular formula is C16H19N3S2. The molecular weight excluding hydrogens is 298 g/mol. The third kappa shape index (κ3) is 3.95. The third-order valence-corrected chi connectivity index (χ3v) is 4.22. The van der Waals surface area contributed by atoms with Gasteiger partial charge in [0.25, 0.3) is 0 Å². The summed E-state index contributed by atoms with van der Waals surface area (Å²) in [5.41, 5.74) is 8.78. The van der Waals surface area contributed by atoms with Crippen LogP contribution in [-0.2, 0) is 0 Å². The van der Waals surface area contributed by atoms with Gasteiger partial charge in [0.15, 0.2) is 0 Å². The normalized spacial score (nSPS) is 11.9. The average molecular weight is 317 g/mol. The smallest absolute Gasteiger partial charge is 0.107 e. The predicted octanol–water partition coefficient (Wildman–Crippen LogP) is 4.00. The molecule has 1 aromatic carbocycles. The summed E-state index contributed by atoms with van der Waals surface area (Å²) in [5.74, 6) is 0.981. The van der Waals surface area contributed by atoms with Gasteiger partial charge in [-0.15, -0.1) is 11.8 Å². The Balaban J connectivity index is 2.31. The Morgan fingerprint density at radius 3 is 2.76 bits per heavy atom. The van der Waals surface area contributed by atoms with Crippen LogP contribution in [-0.4, -0.2) is 15.7 Å². The number of thiocarbonyl (C=S) groups is 1. The number of nitrogens with one attached hydrogen (secondary N) is 1. The van der Waals surface area contributed by atoms with Crippen LogP contribution in [0.15, 0.2) is 47.5 Å². The molecule has 0 aliphatic rings. The van der Waals surface area contributed by atoms with E-state index in [0.29, 0.717) is 4.99 Å². The highest BCUT2D eigenvalue weighted by Crippen LogP contribution is 2.30. The van der Waals surface area contributed by atoms with Gasteiger partial charge in [0.1, 0.15) is 4.99 Å². The van der Waals surface area contributed by atoms with E-state index in [1.807, 2.05) is 30.3 Å². The summed E-state index contributed by atoms with van der Waals surface area (Å²) in [6, 6.07) is 12.1. The minimum Gasteiger partial charge on any atom is -0.389 e. The number of thioether (sulfide) groups is 1. The van der Waals surface area contributed by atoms with Crippen molar-refractivity contribution in [2.24, 2.45) is 5.73 Å². The molecule has 5 heteroatoms. The zero-order chi connectivity index (χ0) is 15.2. The second-order valence-corrected chi connectivity index (χ2v) is 6.34. The van der Waals surface area contributed by atoms with Gasteiger partial charge in [0, 0.05) is 22.3 Å².